The van der Waals surface area contributed by atoms with Crippen molar-refractivity contribution in [1.29, 1.82) is 5.26 Å². The second-order valence-corrected chi connectivity index (χ2v) is 7.40. The molecule has 0 atom stereocenters. The SMILES string of the molecule is COc1nc(-n2cc(S(N)(=O)=O)c3ccc(Cl)cc32)ncc1CCC#N. The fraction of sp³-hybridized carbons (Fsp3) is 0.188. The van der Waals surface area contributed by atoms with Crippen LogP contribution in [0.15, 0.2) is 35.5 Å². The molecule has 0 saturated carbocycles. The molecule has 134 valence electrons. The zero-order valence-corrected chi connectivity index (χ0v) is 15.3. The van der Waals surface area contributed by atoms with Gasteiger partial charge < -0.3 is 4.74 Å². The van der Waals surface area contributed by atoms with Crippen molar-refractivity contribution in [3.05, 3.63) is 41.2 Å². The topological polar surface area (TPSA) is 124 Å². The largest absolute Gasteiger partial charge is 0.481 e. The average molecular weight is 392 g/mol. The van der Waals surface area contributed by atoms with Gasteiger partial charge in [0.15, 0.2) is 0 Å². The van der Waals surface area contributed by atoms with E-state index in [4.69, 9.17) is 26.7 Å². The summed E-state index contributed by atoms with van der Waals surface area (Å²) in [5.74, 6) is 0.510. The van der Waals surface area contributed by atoms with Crippen LogP contribution in [0.1, 0.15) is 12.0 Å². The standard InChI is InChI=1S/C16H14ClN5O3S/c1-25-15-10(3-2-6-18)8-20-16(21-15)22-9-14(26(19,23)24)12-5-4-11(17)7-13(12)22/h4-5,7-9H,2-3H2,1H3,(H2,19,23,24). The van der Waals surface area contributed by atoms with Crippen LogP contribution in [-0.4, -0.2) is 30.1 Å². The van der Waals surface area contributed by atoms with Gasteiger partial charge in [-0.2, -0.15) is 10.2 Å². The van der Waals surface area contributed by atoms with Crippen LogP contribution in [0.5, 0.6) is 5.88 Å². The number of fused-ring (bicyclic) bond motifs is 1. The fourth-order valence-corrected chi connectivity index (χ4v) is 3.50. The molecule has 1 aromatic carbocycles. The molecule has 26 heavy (non-hydrogen) atoms. The second-order valence-electron chi connectivity index (χ2n) is 5.43. The van der Waals surface area contributed by atoms with E-state index in [1.165, 1.54) is 17.9 Å². The summed E-state index contributed by atoms with van der Waals surface area (Å²) in [5.41, 5.74) is 1.17. The Hall–Kier alpha value is -2.67. The number of halogens is 1. The highest BCUT2D eigenvalue weighted by atomic mass is 35.5. The third kappa shape index (κ3) is 3.35. The molecule has 0 saturated heterocycles. The van der Waals surface area contributed by atoms with Crippen LogP contribution in [0.3, 0.4) is 0 Å². The Kier molecular flexibility index (Phi) is 4.82. The maximum atomic E-state index is 11.9. The van der Waals surface area contributed by atoms with Crippen molar-refractivity contribution in [3.8, 4) is 17.9 Å². The molecule has 0 aliphatic heterocycles. The summed E-state index contributed by atoms with van der Waals surface area (Å²) in [4.78, 5) is 8.55. The van der Waals surface area contributed by atoms with Crippen LogP contribution in [0, 0.1) is 11.3 Å². The lowest BCUT2D eigenvalue weighted by molar-refractivity contribution is 0.390. The van der Waals surface area contributed by atoms with E-state index >= 15 is 0 Å². The van der Waals surface area contributed by atoms with Gasteiger partial charge in [-0.25, -0.2) is 18.5 Å². The molecule has 3 rings (SSSR count). The zero-order chi connectivity index (χ0) is 18.9. The van der Waals surface area contributed by atoms with E-state index in [2.05, 4.69) is 16.0 Å². The number of ether oxygens (including phenoxy) is 1. The Balaban J connectivity index is 2.22. The van der Waals surface area contributed by atoms with E-state index in [9.17, 15) is 8.42 Å². The second kappa shape index (κ2) is 6.92. The molecule has 3 aromatic rings. The first-order valence-electron chi connectivity index (χ1n) is 7.46. The van der Waals surface area contributed by atoms with E-state index < -0.39 is 10.0 Å². The van der Waals surface area contributed by atoms with E-state index in [1.54, 1.807) is 24.4 Å². The lowest BCUT2D eigenvalue weighted by Crippen LogP contribution is -2.11. The van der Waals surface area contributed by atoms with Gasteiger partial charge in [-0.1, -0.05) is 11.6 Å². The van der Waals surface area contributed by atoms with Crippen molar-refractivity contribution in [1.82, 2.24) is 14.5 Å². The van der Waals surface area contributed by atoms with Gasteiger partial charge in [0.1, 0.15) is 4.90 Å². The molecule has 2 heterocycles. The van der Waals surface area contributed by atoms with Gasteiger partial charge in [0.25, 0.3) is 0 Å². The molecule has 0 amide bonds. The first-order valence-corrected chi connectivity index (χ1v) is 9.38. The van der Waals surface area contributed by atoms with E-state index in [-0.39, 0.29) is 10.8 Å². The van der Waals surface area contributed by atoms with Crippen LogP contribution in [0.4, 0.5) is 0 Å². The highest BCUT2D eigenvalue weighted by molar-refractivity contribution is 7.89. The van der Waals surface area contributed by atoms with Gasteiger partial charge in [0.2, 0.25) is 21.9 Å². The Morgan fingerprint density at radius 1 is 1.42 bits per heavy atom. The maximum absolute atomic E-state index is 11.9. The number of rotatable bonds is 5. The van der Waals surface area contributed by atoms with Crippen molar-refractivity contribution < 1.29 is 13.2 Å². The Bertz CT molecular complexity index is 1130. The average Bonchev–Trinajstić information content (AvgIpc) is 2.98. The molecule has 2 aromatic heterocycles. The number of primary sulfonamides is 1. The molecular formula is C16H14ClN5O3S. The van der Waals surface area contributed by atoms with E-state index in [0.717, 1.165) is 0 Å². The predicted octanol–water partition coefficient (Wildman–Crippen LogP) is 2.19. The minimum Gasteiger partial charge on any atom is -0.481 e. The number of methoxy groups -OCH3 is 1. The van der Waals surface area contributed by atoms with Crippen molar-refractivity contribution in [2.45, 2.75) is 17.7 Å². The van der Waals surface area contributed by atoms with Crippen LogP contribution >= 0.6 is 11.6 Å². The van der Waals surface area contributed by atoms with E-state index in [0.29, 0.717) is 40.2 Å². The summed E-state index contributed by atoms with van der Waals surface area (Å²) < 4.78 is 30.6. The van der Waals surface area contributed by atoms with Crippen molar-refractivity contribution in [2.75, 3.05) is 7.11 Å². The van der Waals surface area contributed by atoms with Crippen LogP contribution < -0.4 is 9.88 Å². The van der Waals surface area contributed by atoms with Crippen LogP contribution in [0.2, 0.25) is 5.02 Å². The number of aromatic nitrogens is 3. The summed E-state index contributed by atoms with van der Waals surface area (Å²) in [6.45, 7) is 0. The molecule has 0 bridgehead atoms. The maximum Gasteiger partial charge on any atom is 0.240 e. The lowest BCUT2D eigenvalue weighted by atomic mass is 10.2. The number of hydrogen-bond donors (Lipinski definition) is 1. The van der Waals surface area contributed by atoms with Crippen LogP contribution in [0.25, 0.3) is 16.9 Å². The van der Waals surface area contributed by atoms with Gasteiger partial charge in [-0.15, -0.1) is 0 Å². The number of sulfonamides is 1. The van der Waals surface area contributed by atoms with Crippen LogP contribution in [-0.2, 0) is 16.4 Å². The van der Waals surface area contributed by atoms with Gasteiger partial charge in [0.05, 0.1) is 18.7 Å². The van der Waals surface area contributed by atoms with E-state index in [1.807, 2.05) is 0 Å². The minimum atomic E-state index is -3.95. The van der Waals surface area contributed by atoms with Gasteiger partial charge in [-0.05, 0) is 24.6 Å². The molecule has 0 unspecified atom stereocenters. The summed E-state index contributed by atoms with van der Waals surface area (Å²) >= 11 is 6.05. The summed E-state index contributed by atoms with van der Waals surface area (Å²) in [7, 11) is -2.49. The smallest absolute Gasteiger partial charge is 0.240 e. The molecule has 0 radical (unpaired) electrons. The molecule has 2 N–H and O–H groups in total. The predicted molar refractivity (Wildman–Crippen MR) is 95.7 cm³/mol. The third-order valence-electron chi connectivity index (χ3n) is 3.76. The number of hydrogen-bond acceptors (Lipinski definition) is 6. The number of aryl methyl sites for hydroxylation is 1. The quantitative estimate of drug-likeness (QED) is 0.710. The molecule has 10 heteroatoms. The molecule has 8 nitrogen and oxygen atoms in total. The lowest BCUT2D eigenvalue weighted by Gasteiger charge is -2.09. The molecule has 0 aliphatic rings. The monoisotopic (exact) mass is 391 g/mol. The normalized spacial score (nSPS) is 11.5. The number of nitriles is 1. The molecule has 0 aliphatic carbocycles. The molecule has 0 spiro atoms. The number of benzene rings is 1. The minimum absolute atomic E-state index is 0.0553. The Labute approximate surface area is 154 Å². The van der Waals surface area contributed by atoms with Crippen molar-refractivity contribution in [2.24, 2.45) is 5.14 Å². The van der Waals surface area contributed by atoms with Gasteiger partial charge in [0, 0.05) is 34.8 Å². The van der Waals surface area contributed by atoms with Crippen molar-refractivity contribution >= 4 is 32.5 Å². The first-order chi connectivity index (χ1) is 12.3. The van der Waals surface area contributed by atoms with Crippen molar-refractivity contribution in [3.63, 3.8) is 0 Å². The summed E-state index contributed by atoms with van der Waals surface area (Å²) in [6, 6.07) is 6.81. The van der Waals surface area contributed by atoms with Gasteiger partial charge >= 0.3 is 0 Å². The molecule has 0 fully saturated rings. The fourth-order valence-electron chi connectivity index (χ4n) is 2.60. The first kappa shape index (κ1) is 18.1. The summed E-state index contributed by atoms with van der Waals surface area (Å²) in [5, 5.41) is 14.9. The van der Waals surface area contributed by atoms with Gasteiger partial charge in [-0.3, -0.25) is 4.57 Å². The Morgan fingerprint density at radius 3 is 2.85 bits per heavy atom. The zero-order valence-electron chi connectivity index (χ0n) is 13.7. The molecular weight excluding hydrogens is 378 g/mol. The highest BCUT2D eigenvalue weighted by Crippen LogP contribution is 2.29. The highest BCUT2D eigenvalue weighted by Gasteiger charge is 2.20. The number of nitrogens with two attached hydrogens (primary N) is 1. The third-order valence-corrected chi connectivity index (χ3v) is 4.94. The summed E-state index contributed by atoms with van der Waals surface area (Å²) in [6.07, 6.45) is 3.64. The Morgan fingerprint density at radius 2 is 2.19 bits per heavy atom. The number of nitrogens with zero attached hydrogens (tertiary/aromatic N) is 4.